The lowest BCUT2D eigenvalue weighted by molar-refractivity contribution is 0.169. The topological polar surface area (TPSA) is 116 Å². The molecular formula is C15H22N6O3S. The lowest BCUT2D eigenvalue weighted by Gasteiger charge is -2.29. The van der Waals surface area contributed by atoms with E-state index in [-0.39, 0.29) is 12.0 Å². The smallest absolute Gasteiger partial charge is 0.277 e. The van der Waals surface area contributed by atoms with Crippen LogP contribution < -0.4 is 9.88 Å². The molecule has 1 saturated heterocycles. The molecule has 4 rings (SSSR count). The number of fused-ring (bicyclic) bond motifs is 3. The largest absolute Gasteiger partial charge is 0.477 e. The third-order valence-corrected chi connectivity index (χ3v) is 6.34. The van der Waals surface area contributed by atoms with E-state index in [0.29, 0.717) is 36.6 Å². The van der Waals surface area contributed by atoms with E-state index in [0.717, 1.165) is 18.5 Å². The van der Waals surface area contributed by atoms with Gasteiger partial charge in [0.05, 0.1) is 12.3 Å². The van der Waals surface area contributed by atoms with Crippen LogP contribution >= 0.6 is 0 Å². The minimum absolute atomic E-state index is 0.00338. The second-order valence-electron chi connectivity index (χ2n) is 7.22. The predicted molar refractivity (Wildman–Crippen MR) is 90.2 cm³/mol. The van der Waals surface area contributed by atoms with E-state index in [1.165, 1.54) is 10.6 Å². The Morgan fingerprint density at radius 3 is 2.84 bits per heavy atom. The number of rotatable bonds is 5. The van der Waals surface area contributed by atoms with Crippen LogP contribution in [-0.4, -0.2) is 51.5 Å². The Balaban J connectivity index is 1.48. The van der Waals surface area contributed by atoms with Crippen molar-refractivity contribution in [1.82, 2.24) is 23.9 Å². The van der Waals surface area contributed by atoms with Gasteiger partial charge in [0.1, 0.15) is 6.33 Å². The van der Waals surface area contributed by atoms with Crippen LogP contribution in [-0.2, 0) is 10.2 Å². The Labute approximate surface area is 146 Å². The molecule has 10 heteroatoms. The van der Waals surface area contributed by atoms with Crippen LogP contribution in [0.2, 0.25) is 0 Å². The molecule has 2 aromatic rings. The van der Waals surface area contributed by atoms with Gasteiger partial charge in [0, 0.05) is 18.7 Å². The molecule has 136 valence electrons. The van der Waals surface area contributed by atoms with Crippen LogP contribution in [0.25, 0.3) is 5.78 Å². The Hall–Kier alpha value is -1.78. The zero-order chi connectivity index (χ0) is 17.8. The van der Waals surface area contributed by atoms with Gasteiger partial charge < -0.3 is 4.74 Å². The van der Waals surface area contributed by atoms with Crippen molar-refractivity contribution in [1.29, 1.82) is 0 Å². The molecule has 2 N–H and O–H groups in total. The molecule has 0 radical (unpaired) electrons. The molecule has 1 unspecified atom stereocenters. The summed E-state index contributed by atoms with van der Waals surface area (Å²) in [5.41, 5.74) is 0.906. The first-order valence-corrected chi connectivity index (χ1v) is 9.96. The molecule has 2 aromatic heterocycles. The van der Waals surface area contributed by atoms with Crippen LogP contribution in [0.15, 0.2) is 12.4 Å². The van der Waals surface area contributed by atoms with Crippen LogP contribution in [0.3, 0.4) is 0 Å². The summed E-state index contributed by atoms with van der Waals surface area (Å²) in [4.78, 5) is 8.62. The fourth-order valence-corrected chi connectivity index (χ4v) is 4.92. The molecule has 2 bridgehead atoms. The van der Waals surface area contributed by atoms with Crippen molar-refractivity contribution in [2.75, 3.05) is 13.2 Å². The Kier molecular flexibility index (Phi) is 3.93. The highest BCUT2D eigenvalue weighted by Gasteiger charge is 2.48. The van der Waals surface area contributed by atoms with E-state index in [2.05, 4.69) is 28.9 Å². The fraction of sp³-hybridized carbons (Fsp3) is 0.667. The molecule has 25 heavy (non-hydrogen) atoms. The molecular weight excluding hydrogens is 344 g/mol. The normalized spacial score (nSPS) is 26.8. The Morgan fingerprint density at radius 1 is 1.40 bits per heavy atom. The second kappa shape index (κ2) is 5.89. The van der Waals surface area contributed by atoms with E-state index in [1.807, 2.05) is 6.07 Å². The van der Waals surface area contributed by atoms with Crippen LogP contribution in [0.1, 0.15) is 38.3 Å². The third kappa shape index (κ3) is 2.98. The van der Waals surface area contributed by atoms with Crippen molar-refractivity contribution < 1.29 is 13.2 Å². The predicted octanol–water partition coefficient (Wildman–Crippen LogP) is 0.540. The van der Waals surface area contributed by atoms with Gasteiger partial charge in [-0.2, -0.15) is 27.3 Å². The third-order valence-electron chi connectivity index (χ3n) is 5.24. The van der Waals surface area contributed by atoms with Gasteiger partial charge in [-0.3, -0.25) is 0 Å². The number of nitrogens with zero attached hydrogens (tertiary/aromatic N) is 5. The maximum atomic E-state index is 11.6. The summed E-state index contributed by atoms with van der Waals surface area (Å²) >= 11 is 0. The average Bonchev–Trinajstić information content (AvgIpc) is 3.25. The molecule has 0 amide bonds. The molecule has 1 saturated carbocycles. The summed E-state index contributed by atoms with van der Waals surface area (Å²) in [7, 11) is -3.60. The van der Waals surface area contributed by atoms with Crippen LogP contribution in [0.4, 0.5) is 0 Å². The van der Waals surface area contributed by atoms with Crippen molar-refractivity contribution >= 4 is 16.0 Å². The van der Waals surface area contributed by atoms with E-state index < -0.39 is 10.2 Å². The highest BCUT2D eigenvalue weighted by atomic mass is 32.2. The molecule has 2 fully saturated rings. The highest BCUT2D eigenvalue weighted by Crippen LogP contribution is 2.43. The lowest BCUT2D eigenvalue weighted by atomic mass is 9.96. The first-order chi connectivity index (χ1) is 11.8. The van der Waals surface area contributed by atoms with Gasteiger partial charge in [-0.1, -0.05) is 13.8 Å². The fourth-order valence-electron chi connectivity index (χ4n) is 3.93. The summed E-state index contributed by atoms with van der Waals surface area (Å²) < 4.78 is 32.2. The van der Waals surface area contributed by atoms with Gasteiger partial charge >= 0.3 is 0 Å². The summed E-state index contributed by atoms with van der Waals surface area (Å²) in [6.45, 7) is 5.15. The SMILES string of the molecule is CC(C)c1cc(OC[C@H]2CC3C[C@@H]2CN3S(N)(=O)=O)n2ncnc2n1. The number of ether oxygens (including phenoxy) is 1. The second-order valence-corrected chi connectivity index (χ2v) is 8.72. The van der Waals surface area contributed by atoms with Crippen LogP contribution in [0, 0.1) is 11.8 Å². The number of hydrogen-bond acceptors (Lipinski definition) is 6. The highest BCUT2D eigenvalue weighted by molar-refractivity contribution is 7.86. The first kappa shape index (κ1) is 16.7. The standard InChI is InChI=1S/C15H22N6O3S/c1-9(2)13-5-14(21-15(19-13)17-8-18-21)24-7-11-4-12-3-10(11)6-20(12)25(16,22)23/h5,8-12H,3-4,6-7H2,1-2H3,(H2,16,22,23)/t10-,11-,12?/m1/s1. The van der Waals surface area contributed by atoms with Gasteiger partial charge in [0.15, 0.2) is 0 Å². The number of hydrogen-bond donors (Lipinski definition) is 1. The van der Waals surface area contributed by atoms with Gasteiger partial charge in [-0.25, -0.2) is 10.1 Å². The van der Waals surface area contributed by atoms with E-state index in [1.54, 1.807) is 4.52 Å². The van der Waals surface area contributed by atoms with E-state index >= 15 is 0 Å². The zero-order valence-electron chi connectivity index (χ0n) is 14.2. The quantitative estimate of drug-likeness (QED) is 0.826. The zero-order valence-corrected chi connectivity index (χ0v) is 15.1. The van der Waals surface area contributed by atoms with E-state index in [9.17, 15) is 8.42 Å². The minimum Gasteiger partial charge on any atom is -0.477 e. The van der Waals surface area contributed by atoms with Crippen molar-refractivity contribution in [2.45, 2.75) is 38.6 Å². The van der Waals surface area contributed by atoms with Crippen LogP contribution in [0.5, 0.6) is 5.88 Å². The molecule has 3 heterocycles. The summed E-state index contributed by atoms with van der Waals surface area (Å²) in [6.07, 6.45) is 3.10. The summed E-state index contributed by atoms with van der Waals surface area (Å²) in [5, 5.41) is 9.45. The van der Waals surface area contributed by atoms with Gasteiger partial charge in [-0.05, 0) is 30.6 Å². The molecule has 2 aliphatic rings. The maximum Gasteiger partial charge on any atom is 0.277 e. The number of nitrogens with two attached hydrogens (primary N) is 1. The number of aromatic nitrogens is 4. The molecule has 1 aliphatic heterocycles. The molecule has 9 nitrogen and oxygen atoms in total. The van der Waals surface area contributed by atoms with E-state index in [4.69, 9.17) is 9.88 Å². The van der Waals surface area contributed by atoms with Gasteiger partial charge in [-0.15, -0.1) is 0 Å². The first-order valence-electron chi connectivity index (χ1n) is 8.46. The molecule has 1 aliphatic carbocycles. The maximum absolute atomic E-state index is 11.6. The molecule has 0 spiro atoms. The van der Waals surface area contributed by atoms with Gasteiger partial charge in [0.25, 0.3) is 16.0 Å². The molecule has 0 aromatic carbocycles. The Morgan fingerprint density at radius 2 is 2.20 bits per heavy atom. The summed E-state index contributed by atoms with van der Waals surface area (Å²) in [5.74, 6) is 2.01. The monoisotopic (exact) mass is 366 g/mol. The molecule has 3 atom stereocenters. The number of piperidine rings is 1. The van der Waals surface area contributed by atoms with Crippen molar-refractivity contribution in [3.63, 3.8) is 0 Å². The lowest BCUT2D eigenvalue weighted by Crippen LogP contribution is -2.44. The Bertz CT molecular complexity index is 896. The van der Waals surface area contributed by atoms with Crippen molar-refractivity contribution in [3.05, 3.63) is 18.1 Å². The average molecular weight is 366 g/mol. The summed E-state index contributed by atoms with van der Waals surface area (Å²) in [6, 6.07) is 1.90. The van der Waals surface area contributed by atoms with Gasteiger partial charge in [0.2, 0.25) is 5.88 Å². The van der Waals surface area contributed by atoms with Crippen molar-refractivity contribution in [3.8, 4) is 5.88 Å². The minimum atomic E-state index is -3.60. The van der Waals surface area contributed by atoms with Crippen molar-refractivity contribution in [2.24, 2.45) is 17.0 Å².